The molecule has 0 aliphatic carbocycles. The van der Waals surface area contributed by atoms with Crippen LogP contribution in [-0.4, -0.2) is 25.9 Å². The van der Waals surface area contributed by atoms with Crippen LogP contribution in [0.1, 0.15) is 13.8 Å². The fraction of sp³-hybridized carbons (Fsp3) is 0.158. The zero-order chi connectivity index (χ0) is 21.0. The molecule has 0 spiro atoms. The molecular weight excluding hydrogens is 434 g/mol. The van der Waals surface area contributed by atoms with E-state index in [-0.39, 0.29) is 21.7 Å². The third kappa shape index (κ3) is 5.26. The van der Waals surface area contributed by atoms with Gasteiger partial charge >= 0.3 is 0 Å². The van der Waals surface area contributed by atoms with E-state index in [9.17, 15) is 13.2 Å². The van der Waals surface area contributed by atoms with Crippen LogP contribution in [0.3, 0.4) is 0 Å². The van der Waals surface area contributed by atoms with Crippen molar-refractivity contribution in [3.63, 3.8) is 0 Å². The highest BCUT2D eigenvalue weighted by Gasteiger charge is 2.22. The zero-order valence-electron chi connectivity index (χ0n) is 15.6. The van der Waals surface area contributed by atoms with E-state index in [0.717, 1.165) is 16.9 Å². The number of carbonyl (C=O) groups is 1. The van der Waals surface area contributed by atoms with E-state index in [4.69, 9.17) is 16.3 Å². The number of nitrogens with one attached hydrogen (secondary N) is 2. The lowest BCUT2D eigenvalue weighted by Gasteiger charge is -2.13. The molecule has 3 rings (SSSR count). The molecule has 1 amide bonds. The summed E-state index contributed by atoms with van der Waals surface area (Å²) in [6, 6.07) is 11.5. The molecule has 0 saturated carbocycles. The second-order valence-electron chi connectivity index (χ2n) is 5.93. The van der Waals surface area contributed by atoms with Crippen LogP contribution >= 0.6 is 22.9 Å². The molecule has 0 unspecified atom stereocenters. The summed E-state index contributed by atoms with van der Waals surface area (Å²) in [4.78, 5) is 15.6. The maximum atomic E-state index is 13.0. The van der Waals surface area contributed by atoms with Gasteiger partial charge < -0.3 is 10.1 Å². The van der Waals surface area contributed by atoms with Gasteiger partial charge in [-0.2, -0.15) is 0 Å². The summed E-state index contributed by atoms with van der Waals surface area (Å²) in [5.74, 6) is -0.124. The van der Waals surface area contributed by atoms with Gasteiger partial charge in [-0.3, -0.25) is 9.52 Å². The average Bonchev–Trinajstić information content (AvgIpc) is 3.11. The van der Waals surface area contributed by atoms with Crippen LogP contribution in [0.15, 0.2) is 52.7 Å². The third-order valence-electron chi connectivity index (χ3n) is 3.72. The Morgan fingerprint density at radius 2 is 1.93 bits per heavy atom. The van der Waals surface area contributed by atoms with Gasteiger partial charge in [-0.25, -0.2) is 13.4 Å². The molecule has 7 nitrogen and oxygen atoms in total. The normalized spacial score (nSPS) is 11.1. The second kappa shape index (κ2) is 8.81. The lowest BCUT2D eigenvalue weighted by Crippen LogP contribution is -2.15. The van der Waals surface area contributed by atoms with Crippen LogP contribution in [0.25, 0.3) is 11.3 Å². The second-order valence-corrected chi connectivity index (χ2v) is 8.87. The number of ether oxygens (including phenoxy) is 1. The van der Waals surface area contributed by atoms with Crippen molar-refractivity contribution in [3.8, 4) is 17.0 Å². The summed E-state index contributed by atoms with van der Waals surface area (Å²) in [6.45, 7) is 3.39. The van der Waals surface area contributed by atoms with Gasteiger partial charge in [0.15, 0.2) is 5.13 Å². The molecule has 1 aromatic heterocycles. The number of rotatable bonds is 7. The number of carbonyl (C=O) groups excluding carboxylic acids is 1. The van der Waals surface area contributed by atoms with Crippen molar-refractivity contribution in [1.82, 2.24) is 4.98 Å². The Morgan fingerprint density at radius 1 is 1.21 bits per heavy atom. The van der Waals surface area contributed by atoms with E-state index in [0.29, 0.717) is 23.0 Å². The number of anilines is 2. The quantitative estimate of drug-likeness (QED) is 0.546. The van der Waals surface area contributed by atoms with Crippen LogP contribution < -0.4 is 14.8 Å². The van der Waals surface area contributed by atoms with E-state index < -0.39 is 10.0 Å². The molecule has 3 aromatic rings. The van der Waals surface area contributed by atoms with Crippen molar-refractivity contribution in [2.24, 2.45) is 0 Å². The highest BCUT2D eigenvalue weighted by molar-refractivity contribution is 7.93. The van der Waals surface area contributed by atoms with Crippen LogP contribution in [-0.2, 0) is 14.8 Å². The molecule has 0 aliphatic heterocycles. The average molecular weight is 452 g/mol. The number of hydrogen-bond donors (Lipinski definition) is 2. The van der Waals surface area contributed by atoms with Gasteiger partial charge in [0, 0.05) is 28.6 Å². The monoisotopic (exact) mass is 451 g/mol. The Labute approximate surface area is 177 Å². The standard InChI is InChI=1S/C19H18ClN3O4S2/c1-3-27-17-9-8-15(21-12(2)24)10-18(17)29(25,26)23-19-22-16(11-28-19)13-4-6-14(20)7-5-13/h4-11H,3H2,1-2H3,(H,21,24)(H,22,23). The van der Waals surface area contributed by atoms with Crippen LogP contribution in [0.4, 0.5) is 10.8 Å². The molecule has 0 radical (unpaired) electrons. The van der Waals surface area contributed by atoms with Crippen LogP contribution in [0.2, 0.25) is 5.02 Å². The predicted octanol–water partition coefficient (Wildman–Crippen LogP) is 4.62. The first-order valence-electron chi connectivity index (χ1n) is 8.57. The number of halogens is 1. The number of benzene rings is 2. The largest absolute Gasteiger partial charge is 0.492 e. The number of hydrogen-bond acceptors (Lipinski definition) is 6. The molecule has 0 bridgehead atoms. The number of amides is 1. The van der Waals surface area contributed by atoms with Crippen molar-refractivity contribution >= 4 is 49.7 Å². The maximum Gasteiger partial charge on any atom is 0.267 e. The van der Waals surface area contributed by atoms with Gasteiger partial charge in [-0.05, 0) is 37.3 Å². The Balaban J connectivity index is 1.91. The molecule has 1 heterocycles. The first kappa shape index (κ1) is 21.1. The zero-order valence-corrected chi connectivity index (χ0v) is 18.0. The molecular formula is C19H18ClN3O4S2. The number of thiazole rings is 1. The first-order chi connectivity index (χ1) is 13.8. The van der Waals surface area contributed by atoms with Crippen molar-refractivity contribution < 1.29 is 17.9 Å². The molecule has 0 saturated heterocycles. The van der Waals surface area contributed by atoms with E-state index in [1.165, 1.54) is 19.1 Å². The lowest BCUT2D eigenvalue weighted by atomic mass is 10.2. The highest BCUT2D eigenvalue weighted by atomic mass is 35.5. The lowest BCUT2D eigenvalue weighted by molar-refractivity contribution is -0.114. The van der Waals surface area contributed by atoms with Crippen molar-refractivity contribution in [1.29, 1.82) is 0 Å². The van der Waals surface area contributed by atoms with E-state index >= 15 is 0 Å². The molecule has 0 fully saturated rings. The number of aromatic nitrogens is 1. The molecule has 0 atom stereocenters. The van der Waals surface area contributed by atoms with Crippen LogP contribution in [0, 0.1) is 0 Å². The van der Waals surface area contributed by atoms with E-state index in [2.05, 4.69) is 15.0 Å². The van der Waals surface area contributed by atoms with Gasteiger partial charge in [-0.15, -0.1) is 11.3 Å². The van der Waals surface area contributed by atoms with Crippen molar-refractivity contribution in [3.05, 3.63) is 52.9 Å². The summed E-state index contributed by atoms with van der Waals surface area (Å²) in [7, 11) is -4.00. The summed E-state index contributed by atoms with van der Waals surface area (Å²) < 4.78 is 33.9. The summed E-state index contributed by atoms with van der Waals surface area (Å²) in [6.07, 6.45) is 0. The van der Waals surface area contributed by atoms with E-state index in [1.54, 1.807) is 42.6 Å². The summed E-state index contributed by atoms with van der Waals surface area (Å²) in [5.41, 5.74) is 1.79. The van der Waals surface area contributed by atoms with Gasteiger partial charge in [-0.1, -0.05) is 23.7 Å². The number of nitrogens with zero attached hydrogens (tertiary/aromatic N) is 1. The molecule has 29 heavy (non-hydrogen) atoms. The van der Waals surface area contributed by atoms with Crippen molar-refractivity contribution in [2.45, 2.75) is 18.7 Å². The predicted molar refractivity (Wildman–Crippen MR) is 115 cm³/mol. The SMILES string of the molecule is CCOc1ccc(NC(C)=O)cc1S(=O)(=O)Nc1nc(-c2ccc(Cl)cc2)cs1. The summed E-state index contributed by atoms with van der Waals surface area (Å²) >= 11 is 7.06. The molecule has 10 heteroatoms. The minimum absolute atomic E-state index is 0.0890. The Morgan fingerprint density at radius 3 is 2.59 bits per heavy atom. The number of sulfonamides is 1. The molecule has 152 valence electrons. The third-order valence-corrected chi connectivity index (χ3v) is 6.22. The smallest absolute Gasteiger partial charge is 0.267 e. The fourth-order valence-corrected chi connectivity index (χ4v) is 4.79. The first-order valence-corrected chi connectivity index (χ1v) is 11.3. The van der Waals surface area contributed by atoms with Gasteiger partial charge in [0.1, 0.15) is 10.6 Å². The van der Waals surface area contributed by atoms with Gasteiger partial charge in [0.2, 0.25) is 5.91 Å². The molecule has 2 aromatic carbocycles. The minimum Gasteiger partial charge on any atom is -0.492 e. The molecule has 2 N–H and O–H groups in total. The van der Waals surface area contributed by atoms with E-state index in [1.807, 2.05) is 0 Å². The molecule has 0 aliphatic rings. The highest BCUT2D eigenvalue weighted by Crippen LogP contribution is 2.31. The minimum atomic E-state index is -4.00. The Hall–Kier alpha value is -2.62. The van der Waals surface area contributed by atoms with Gasteiger partial charge in [0.25, 0.3) is 10.0 Å². The summed E-state index contributed by atoms with van der Waals surface area (Å²) in [5, 5.41) is 5.13. The fourth-order valence-electron chi connectivity index (χ4n) is 2.52. The van der Waals surface area contributed by atoms with Crippen LogP contribution in [0.5, 0.6) is 5.75 Å². The van der Waals surface area contributed by atoms with Crippen molar-refractivity contribution in [2.75, 3.05) is 16.6 Å². The Kier molecular flexibility index (Phi) is 6.41. The topological polar surface area (TPSA) is 97.4 Å². The van der Waals surface area contributed by atoms with Gasteiger partial charge in [0.05, 0.1) is 12.3 Å². The maximum absolute atomic E-state index is 13.0. The Bertz CT molecular complexity index is 1130.